The number of pyridine rings is 1. The monoisotopic (exact) mass is 1290 g/mol. The summed E-state index contributed by atoms with van der Waals surface area (Å²) in [4.78, 5) is 61.0. The molecule has 1 aliphatic carbocycles. The number of methoxy groups -OCH3 is 1. The number of aryl methyl sites for hydroxylation is 1. The molecule has 23 heteroatoms. The Hall–Kier alpha value is -7.97. The number of fused-ring (bicyclic) bond motifs is 4. The van der Waals surface area contributed by atoms with Crippen molar-refractivity contribution in [2.75, 3.05) is 44.9 Å². The number of hydrogen-bond donors (Lipinski definition) is 3. The van der Waals surface area contributed by atoms with E-state index in [0.29, 0.717) is 106 Å². The van der Waals surface area contributed by atoms with Crippen LogP contribution in [0.15, 0.2) is 91.5 Å². The van der Waals surface area contributed by atoms with Gasteiger partial charge in [-0.05, 0) is 141 Å². The van der Waals surface area contributed by atoms with Gasteiger partial charge in [-0.25, -0.2) is 18.3 Å². The number of carbonyl (C=O) groups is 3. The second-order valence-corrected chi connectivity index (χ2v) is 24.7. The van der Waals surface area contributed by atoms with Crippen LogP contribution in [0.2, 0.25) is 0 Å². The smallest absolute Gasteiger partial charge is 0.410 e. The molecule has 5 unspecified atom stereocenters. The number of hydrogen-bond acceptors (Lipinski definition) is 15. The van der Waals surface area contributed by atoms with Crippen LogP contribution in [0.1, 0.15) is 114 Å². The number of phenolic OH excluding ortho intramolecular Hbond substituents is 1. The Balaban J connectivity index is 0.00000800. The van der Waals surface area contributed by atoms with Gasteiger partial charge >= 0.3 is 12.1 Å². The first-order valence-corrected chi connectivity index (χ1v) is 29.9. The number of rotatable bonds is 19. The van der Waals surface area contributed by atoms with Gasteiger partial charge in [0, 0.05) is 75.4 Å². The van der Waals surface area contributed by atoms with Crippen molar-refractivity contribution in [3.05, 3.63) is 125 Å². The zero-order valence-electron chi connectivity index (χ0n) is 50.1. The predicted molar refractivity (Wildman–Crippen MR) is 321 cm³/mol. The molecule has 2 bridgehead atoms. The van der Waals surface area contributed by atoms with Crippen LogP contribution in [0.4, 0.5) is 19.4 Å². The summed E-state index contributed by atoms with van der Waals surface area (Å²) in [7, 11) is 1.59. The maximum absolute atomic E-state index is 16.9. The van der Waals surface area contributed by atoms with Gasteiger partial charge in [-0.15, -0.1) is 5.10 Å². The zero-order valence-corrected chi connectivity index (χ0v) is 51.7. The largest absolute Gasteiger partial charge is 0.581 e. The van der Waals surface area contributed by atoms with Gasteiger partial charge in [0.15, 0.2) is 0 Å². The third-order valence-corrected chi connectivity index (χ3v) is 17.3. The molecular weight excluding hydrogens is 1220 g/mol. The topological polar surface area (TPSA) is 237 Å². The van der Waals surface area contributed by atoms with E-state index in [0.717, 1.165) is 35.7 Å². The first kappa shape index (κ1) is 61.7. The molecule has 88 heavy (non-hydrogen) atoms. The maximum atomic E-state index is 16.9. The van der Waals surface area contributed by atoms with Crippen molar-refractivity contribution in [3.63, 3.8) is 0 Å². The number of aromatic hydroxyl groups is 1. The quantitative estimate of drug-likeness (QED) is 0.0639. The summed E-state index contributed by atoms with van der Waals surface area (Å²) in [5, 5.41) is 44.9. The van der Waals surface area contributed by atoms with Gasteiger partial charge in [-0.3, -0.25) is 14.6 Å². The maximum Gasteiger partial charge on any atom is 0.410 e. The number of amides is 3. The van der Waals surface area contributed by atoms with E-state index in [-0.39, 0.29) is 105 Å². The van der Waals surface area contributed by atoms with E-state index in [4.69, 9.17) is 24.2 Å². The minimum atomic E-state index is -0.779. The number of phenols is 1. The molecule has 3 amide bonds. The molecule has 20 nitrogen and oxygen atoms in total. The predicted octanol–water partition coefficient (Wildman–Crippen LogP) is 9.42. The number of benzene rings is 4. The second-order valence-electron chi connectivity index (χ2n) is 24.7. The van der Waals surface area contributed by atoms with Gasteiger partial charge in [0.2, 0.25) is 11.8 Å². The van der Waals surface area contributed by atoms with Crippen molar-refractivity contribution >= 4 is 45.5 Å². The number of halogens is 2. The van der Waals surface area contributed by atoms with E-state index in [2.05, 4.69) is 35.7 Å². The van der Waals surface area contributed by atoms with E-state index in [1.54, 1.807) is 64.3 Å². The summed E-state index contributed by atoms with van der Waals surface area (Å²) in [6, 6.07) is 17.2. The molecule has 6 atom stereocenters. The van der Waals surface area contributed by atoms with E-state index in [1.807, 2.05) is 71.9 Å². The van der Waals surface area contributed by atoms with Crippen LogP contribution >= 0.6 is 0 Å². The fourth-order valence-corrected chi connectivity index (χ4v) is 12.7. The fourth-order valence-electron chi connectivity index (χ4n) is 12.7. The molecule has 464 valence electrons. The van der Waals surface area contributed by atoms with Crippen molar-refractivity contribution < 1.29 is 68.0 Å². The Morgan fingerprint density at radius 3 is 2.33 bits per heavy atom. The molecule has 0 radical (unpaired) electrons. The number of carbonyl (C=O) groups excluding carboxylic acids is 3. The summed E-state index contributed by atoms with van der Waals surface area (Å²) < 4.78 is 50.4. The molecule has 7 heterocycles. The Morgan fingerprint density at radius 1 is 0.886 bits per heavy atom. The average molecular weight is 1290 g/mol. The number of anilines is 1. The summed E-state index contributed by atoms with van der Waals surface area (Å²) in [5.41, 5.74) is 5.97. The van der Waals surface area contributed by atoms with Crippen LogP contribution < -0.4 is 20.1 Å². The van der Waals surface area contributed by atoms with Crippen LogP contribution in [-0.4, -0.2) is 143 Å². The molecule has 4 aromatic heterocycles. The Labute approximate surface area is 522 Å². The molecule has 12 rings (SSSR count). The molecule has 4 aromatic carbocycles. The van der Waals surface area contributed by atoms with Gasteiger partial charge in [0.05, 0.1) is 48.7 Å². The molecule has 0 spiro atoms. The van der Waals surface area contributed by atoms with Crippen LogP contribution in [0, 0.1) is 17.6 Å². The van der Waals surface area contributed by atoms with Gasteiger partial charge in [-0.2, -0.15) is 16.2 Å². The second kappa shape index (κ2) is 25.3. The number of aliphatic hydroxyl groups is 1. The summed E-state index contributed by atoms with van der Waals surface area (Å²) in [6.07, 6.45) is 9.53. The molecule has 3 saturated heterocycles. The van der Waals surface area contributed by atoms with Crippen molar-refractivity contribution in [3.8, 4) is 45.3 Å². The molecular formula is C65H71F2N12O8Pd-. The van der Waals surface area contributed by atoms with Crippen LogP contribution in [0.5, 0.6) is 11.8 Å². The molecule has 3 N–H and O–H groups in total. The number of aliphatic hydroxyl groups excluding tert-OH is 1. The van der Waals surface area contributed by atoms with Gasteiger partial charge in [-0.1, -0.05) is 67.6 Å². The van der Waals surface area contributed by atoms with Gasteiger partial charge in [0.25, 0.3) is 0 Å². The van der Waals surface area contributed by atoms with Gasteiger partial charge < -0.3 is 54.6 Å². The molecule has 4 aliphatic rings. The number of nitrogens with zero attached hydrogens (tertiary/aromatic N) is 11. The number of piperazine rings is 1. The minimum Gasteiger partial charge on any atom is -0.581 e. The summed E-state index contributed by atoms with van der Waals surface area (Å²) >= 11 is 0. The van der Waals surface area contributed by atoms with Crippen LogP contribution in [-0.2, 0) is 52.3 Å². The number of nitrogens with one attached hydrogen (secondary N) is 1. The van der Waals surface area contributed by atoms with Crippen LogP contribution in [0.3, 0.4) is 0 Å². The van der Waals surface area contributed by atoms with Crippen LogP contribution in [0.25, 0.3) is 55.3 Å². The summed E-state index contributed by atoms with van der Waals surface area (Å²) in [6.45, 7) is 12.3. The average Bonchev–Trinajstić information content (AvgIpc) is 1.38. The SMILES string of the molecule is CO[C@@H](C)COc1nc(N2CC3CC2CN3C(=O)OC(C)(C)C)c2cc(C3CC3)c(-c3c(CCc4ccc(-c5cn(C(C(=O)N6CCCC6C(=O)NC(CO)c6ccc(-c7ccncc7F)cc6)C(C)C)nn5)cc4)c(F)cc4n[n-]cc34)c(O)c2n1.[Pd]. The number of ether oxygens (including phenoxy) is 3. The molecule has 4 fully saturated rings. The molecule has 3 aliphatic heterocycles. The third kappa shape index (κ3) is 12.3. The van der Waals surface area contributed by atoms with Crippen molar-refractivity contribution in [1.82, 2.24) is 55.3 Å². The fraction of sp³-hybridized carbons (Fsp3) is 0.431. The Bertz CT molecular complexity index is 3890. The van der Waals surface area contributed by atoms with Crippen molar-refractivity contribution in [1.29, 1.82) is 0 Å². The first-order valence-electron chi connectivity index (χ1n) is 29.9. The molecule has 1 saturated carbocycles. The number of likely N-dealkylation sites (tertiary alicyclic amines) is 2. The minimum absolute atomic E-state index is 0. The third-order valence-electron chi connectivity index (χ3n) is 17.3. The summed E-state index contributed by atoms with van der Waals surface area (Å²) in [5.74, 6) is -1.32. The van der Waals surface area contributed by atoms with E-state index < -0.39 is 35.4 Å². The molecule has 8 aromatic rings. The van der Waals surface area contributed by atoms with Crippen molar-refractivity contribution in [2.24, 2.45) is 5.92 Å². The Morgan fingerprint density at radius 2 is 1.65 bits per heavy atom. The Kier molecular flexibility index (Phi) is 17.7. The van der Waals surface area contributed by atoms with Gasteiger partial charge in [0.1, 0.15) is 58.7 Å². The zero-order chi connectivity index (χ0) is 61.0. The van der Waals surface area contributed by atoms with E-state index in [1.165, 1.54) is 12.3 Å². The normalized spacial score (nSPS) is 18.5. The standard InChI is InChI=1S/C65H72F2N12O8.Pd/c1-35(2)58(62(83)76-24-8-9-54(76)61(82)70-53(33-80)41-19-17-38(18-20-41)44-22-23-68-29-50(44)67)79-32-52(74-75-79)40-13-10-37(11-14-40)12-21-45-49(66)27-51-48(28-69-73-51)55(45)56-46(39-15-16-39)26-47-57(59(56)81)71-63(86-34-36(3)85-7)72-60(47)77-30-43-25-42(77)31-78(43)64(84)87-65(4,5)6;/h10-11,13-14,17-20,22-23,26-29,32,35-36,39,42-43,53-54,58,80H,8-9,12,15-16,21,24-25,30-31,33-34H2,1-7H3,(H3,69,70,71,72,73,74,75,81,82);/p-1/t36-,42?,43?,53?,54?,58?;/m0./s1. The van der Waals surface area contributed by atoms with E-state index in [9.17, 15) is 29.0 Å². The first-order chi connectivity index (χ1) is 41.9. The van der Waals surface area contributed by atoms with Crippen molar-refractivity contribution in [2.45, 2.75) is 134 Å². The number of aromatic nitrogens is 8. The van der Waals surface area contributed by atoms with E-state index >= 15 is 4.39 Å².